The van der Waals surface area contributed by atoms with Crippen molar-refractivity contribution in [1.82, 2.24) is 4.90 Å². The Morgan fingerprint density at radius 1 is 1.11 bits per heavy atom. The second-order valence-electron chi connectivity index (χ2n) is 5.79. The summed E-state index contributed by atoms with van der Waals surface area (Å²) in [6.45, 7) is -0.0548. The minimum absolute atomic E-state index is 0.0548. The number of methoxy groups -OCH3 is 2. The summed E-state index contributed by atoms with van der Waals surface area (Å²) in [7, 11) is 3.00. The molecule has 1 heterocycles. The molecule has 3 amide bonds. The van der Waals surface area contributed by atoms with Crippen molar-refractivity contribution < 1.29 is 23.9 Å². The lowest BCUT2D eigenvalue weighted by molar-refractivity contribution is -0.116. The largest absolute Gasteiger partial charge is 0.497 e. The van der Waals surface area contributed by atoms with E-state index in [4.69, 9.17) is 21.1 Å². The van der Waals surface area contributed by atoms with E-state index < -0.39 is 11.8 Å². The van der Waals surface area contributed by atoms with Gasteiger partial charge in [0.1, 0.15) is 11.5 Å². The van der Waals surface area contributed by atoms with E-state index in [0.717, 1.165) is 4.90 Å². The molecular formula is C19H17ClN2O5. The van der Waals surface area contributed by atoms with Crippen LogP contribution in [0.2, 0.25) is 5.02 Å². The van der Waals surface area contributed by atoms with Gasteiger partial charge in [-0.15, -0.1) is 0 Å². The van der Waals surface area contributed by atoms with Crippen LogP contribution in [0, 0.1) is 0 Å². The molecule has 0 spiro atoms. The summed E-state index contributed by atoms with van der Waals surface area (Å²) < 4.78 is 10.3. The number of hydrogen-bond donors (Lipinski definition) is 1. The Bertz CT molecular complexity index is 928. The molecule has 7 nitrogen and oxygen atoms in total. The Labute approximate surface area is 160 Å². The van der Waals surface area contributed by atoms with Crippen molar-refractivity contribution in [2.45, 2.75) is 6.42 Å². The molecule has 3 rings (SSSR count). The van der Waals surface area contributed by atoms with Gasteiger partial charge in [-0.1, -0.05) is 17.7 Å². The third-order valence-corrected chi connectivity index (χ3v) is 4.51. The summed E-state index contributed by atoms with van der Waals surface area (Å²) >= 11 is 6.02. The number of halogens is 1. The molecule has 0 saturated carbocycles. The van der Waals surface area contributed by atoms with Gasteiger partial charge in [0.25, 0.3) is 11.8 Å². The number of benzene rings is 2. The zero-order valence-electron chi connectivity index (χ0n) is 14.7. The Morgan fingerprint density at radius 2 is 1.89 bits per heavy atom. The lowest BCUT2D eigenvalue weighted by atomic mass is 10.1. The maximum atomic E-state index is 12.4. The third-order valence-electron chi connectivity index (χ3n) is 4.19. The summed E-state index contributed by atoms with van der Waals surface area (Å²) in [5.41, 5.74) is 0.869. The molecule has 27 heavy (non-hydrogen) atoms. The molecule has 0 aromatic heterocycles. The molecule has 2 aromatic carbocycles. The highest BCUT2D eigenvalue weighted by atomic mass is 35.5. The maximum absolute atomic E-state index is 12.4. The lowest BCUT2D eigenvalue weighted by Gasteiger charge is -2.15. The van der Waals surface area contributed by atoms with Gasteiger partial charge in [0, 0.05) is 19.0 Å². The molecule has 2 aromatic rings. The molecule has 1 aliphatic rings. The first-order valence-electron chi connectivity index (χ1n) is 8.13. The van der Waals surface area contributed by atoms with Crippen molar-refractivity contribution in [3.05, 3.63) is 52.5 Å². The monoisotopic (exact) mass is 388 g/mol. The SMILES string of the molecule is COc1ccc(OC)c(NC(=O)CCN2C(=O)c3cccc(Cl)c3C2=O)c1. The molecule has 1 aliphatic heterocycles. The van der Waals surface area contributed by atoms with E-state index in [1.165, 1.54) is 14.2 Å². The zero-order valence-corrected chi connectivity index (χ0v) is 15.5. The van der Waals surface area contributed by atoms with Crippen LogP contribution >= 0.6 is 11.6 Å². The van der Waals surface area contributed by atoms with Gasteiger partial charge < -0.3 is 14.8 Å². The van der Waals surface area contributed by atoms with E-state index in [1.807, 2.05) is 0 Å². The quantitative estimate of drug-likeness (QED) is 0.769. The van der Waals surface area contributed by atoms with E-state index in [2.05, 4.69) is 5.32 Å². The van der Waals surface area contributed by atoms with Crippen molar-refractivity contribution in [2.75, 3.05) is 26.1 Å². The van der Waals surface area contributed by atoms with Crippen molar-refractivity contribution >= 4 is 35.0 Å². The average Bonchev–Trinajstić information content (AvgIpc) is 2.91. The predicted octanol–water partition coefficient (Wildman–Crippen LogP) is 2.98. The summed E-state index contributed by atoms with van der Waals surface area (Å²) in [4.78, 5) is 38.2. The number of carbonyl (C=O) groups is 3. The predicted molar refractivity (Wildman–Crippen MR) is 99.6 cm³/mol. The number of nitrogens with zero attached hydrogens (tertiary/aromatic N) is 1. The van der Waals surface area contributed by atoms with Crippen LogP contribution in [0.5, 0.6) is 11.5 Å². The fourth-order valence-electron chi connectivity index (χ4n) is 2.83. The van der Waals surface area contributed by atoms with Gasteiger partial charge in [-0.05, 0) is 24.3 Å². The van der Waals surface area contributed by atoms with Gasteiger partial charge in [-0.25, -0.2) is 0 Å². The number of rotatable bonds is 6. The summed E-state index contributed by atoms with van der Waals surface area (Å²) in [6.07, 6.45) is -0.0660. The van der Waals surface area contributed by atoms with Gasteiger partial charge in [-0.3, -0.25) is 19.3 Å². The van der Waals surface area contributed by atoms with E-state index in [9.17, 15) is 14.4 Å². The molecule has 1 N–H and O–H groups in total. The van der Waals surface area contributed by atoms with Crippen LogP contribution in [-0.2, 0) is 4.79 Å². The number of amides is 3. The lowest BCUT2D eigenvalue weighted by Crippen LogP contribution is -2.33. The van der Waals surface area contributed by atoms with E-state index in [0.29, 0.717) is 17.2 Å². The van der Waals surface area contributed by atoms with Crippen LogP contribution in [0.3, 0.4) is 0 Å². The summed E-state index contributed by atoms with van der Waals surface area (Å²) in [6, 6.07) is 9.70. The Morgan fingerprint density at radius 3 is 2.56 bits per heavy atom. The number of imide groups is 1. The summed E-state index contributed by atoms with van der Waals surface area (Å²) in [5.74, 6) is -0.293. The minimum Gasteiger partial charge on any atom is -0.497 e. The highest BCUT2D eigenvalue weighted by Gasteiger charge is 2.37. The minimum atomic E-state index is -0.493. The topological polar surface area (TPSA) is 84.9 Å². The first-order chi connectivity index (χ1) is 13.0. The first-order valence-corrected chi connectivity index (χ1v) is 8.50. The molecule has 0 unspecified atom stereocenters. The Kier molecular flexibility index (Phi) is 5.32. The second kappa shape index (κ2) is 7.67. The van der Waals surface area contributed by atoms with E-state index in [1.54, 1.807) is 36.4 Å². The van der Waals surface area contributed by atoms with Gasteiger partial charge in [0.2, 0.25) is 5.91 Å². The molecule has 8 heteroatoms. The molecule has 0 bridgehead atoms. The normalized spacial score (nSPS) is 12.8. The van der Waals surface area contributed by atoms with Crippen molar-refractivity contribution in [2.24, 2.45) is 0 Å². The number of carbonyl (C=O) groups excluding carboxylic acids is 3. The molecule has 0 atom stereocenters. The van der Waals surface area contributed by atoms with Crippen LogP contribution in [0.25, 0.3) is 0 Å². The number of fused-ring (bicyclic) bond motifs is 1. The molecule has 0 radical (unpaired) electrons. The molecular weight excluding hydrogens is 372 g/mol. The number of anilines is 1. The Hall–Kier alpha value is -3.06. The van der Waals surface area contributed by atoms with Crippen LogP contribution in [0.15, 0.2) is 36.4 Å². The highest BCUT2D eigenvalue weighted by molar-refractivity contribution is 6.37. The van der Waals surface area contributed by atoms with Gasteiger partial charge >= 0.3 is 0 Å². The molecule has 140 valence electrons. The smallest absolute Gasteiger partial charge is 0.263 e. The van der Waals surface area contributed by atoms with E-state index >= 15 is 0 Å². The fraction of sp³-hybridized carbons (Fsp3) is 0.211. The third kappa shape index (κ3) is 3.59. The van der Waals surface area contributed by atoms with Gasteiger partial charge in [0.05, 0.1) is 36.1 Å². The number of nitrogens with one attached hydrogen (secondary N) is 1. The first kappa shape index (κ1) is 18.7. The summed E-state index contributed by atoms with van der Waals surface area (Å²) in [5, 5.41) is 2.92. The standard InChI is InChI=1S/C19H17ClN2O5/c1-26-11-6-7-15(27-2)14(10-11)21-16(23)8-9-22-18(24)12-4-3-5-13(20)17(12)19(22)25/h3-7,10H,8-9H2,1-2H3,(H,21,23). The van der Waals surface area contributed by atoms with Gasteiger partial charge in [-0.2, -0.15) is 0 Å². The fourth-order valence-corrected chi connectivity index (χ4v) is 3.09. The molecule has 0 saturated heterocycles. The van der Waals surface area contributed by atoms with Crippen LogP contribution in [0.1, 0.15) is 27.1 Å². The van der Waals surface area contributed by atoms with Crippen molar-refractivity contribution in [3.63, 3.8) is 0 Å². The zero-order chi connectivity index (χ0) is 19.6. The second-order valence-corrected chi connectivity index (χ2v) is 6.20. The van der Waals surface area contributed by atoms with Crippen LogP contribution < -0.4 is 14.8 Å². The van der Waals surface area contributed by atoms with Gasteiger partial charge in [0.15, 0.2) is 0 Å². The average molecular weight is 389 g/mol. The number of ether oxygens (including phenoxy) is 2. The van der Waals surface area contributed by atoms with Crippen LogP contribution in [0.4, 0.5) is 5.69 Å². The molecule has 0 aliphatic carbocycles. The maximum Gasteiger partial charge on any atom is 0.263 e. The van der Waals surface area contributed by atoms with Crippen LogP contribution in [-0.4, -0.2) is 43.4 Å². The van der Waals surface area contributed by atoms with Crippen molar-refractivity contribution in [1.29, 1.82) is 0 Å². The number of hydrogen-bond acceptors (Lipinski definition) is 5. The van der Waals surface area contributed by atoms with Crippen molar-refractivity contribution in [3.8, 4) is 11.5 Å². The van der Waals surface area contributed by atoms with E-state index in [-0.39, 0.29) is 35.0 Å². The molecule has 0 fully saturated rings. The highest BCUT2D eigenvalue weighted by Crippen LogP contribution is 2.30. The Balaban J connectivity index is 1.68.